The van der Waals surface area contributed by atoms with Crippen molar-refractivity contribution in [3.8, 4) is 11.1 Å². The molecular weight excluding hydrogens is 558 g/mol. The molecule has 5 rings (SSSR count). The minimum atomic E-state index is -0.698. The zero-order valence-electron chi connectivity index (χ0n) is 24.8. The Morgan fingerprint density at radius 3 is 2.36 bits per heavy atom. The summed E-state index contributed by atoms with van der Waals surface area (Å²) >= 11 is 0. The Bertz CT molecular complexity index is 1690. The number of carbonyl (C=O) groups excluding carboxylic acids is 4. The first kappa shape index (κ1) is 30.2. The highest BCUT2D eigenvalue weighted by atomic mass is 16.7. The molecule has 1 aliphatic rings. The van der Waals surface area contributed by atoms with Crippen molar-refractivity contribution in [1.82, 2.24) is 4.98 Å². The number of rotatable bonds is 8. The first-order valence-corrected chi connectivity index (χ1v) is 14.3. The van der Waals surface area contributed by atoms with Crippen molar-refractivity contribution in [2.24, 2.45) is 5.41 Å². The molecule has 9 nitrogen and oxygen atoms in total. The van der Waals surface area contributed by atoms with Gasteiger partial charge in [0.05, 0.1) is 17.4 Å². The molecule has 1 N–H and O–H groups in total. The van der Waals surface area contributed by atoms with E-state index in [9.17, 15) is 19.2 Å². The number of ether oxygens (including phenoxy) is 2. The molecule has 1 aliphatic heterocycles. The van der Waals surface area contributed by atoms with Crippen molar-refractivity contribution < 1.29 is 28.7 Å². The Morgan fingerprint density at radius 1 is 0.886 bits per heavy atom. The molecule has 0 fully saturated rings. The number of esters is 2. The van der Waals surface area contributed by atoms with Crippen LogP contribution in [0.5, 0.6) is 0 Å². The predicted molar refractivity (Wildman–Crippen MR) is 166 cm³/mol. The average Bonchev–Trinajstić information content (AvgIpc) is 3.44. The summed E-state index contributed by atoms with van der Waals surface area (Å²) in [5, 5.41) is 2.99. The summed E-state index contributed by atoms with van der Waals surface area (Å²) in [6, 6.07) is 24.9. The van der Waals surface area contributed by atoms with E-state index in [2.05, 4.69) is 10.3 Å². The van der Waals surface area contributed by atoms with E-state index in [1.807, 2.05) is 42.5 Å². The van der Waals surface area contributed by atoms with Crippen LogP contribution in [0, 0.1) is 5.41 Å². The van der Waals surface area contributed by atoms with Crippen molar-refractivity contribution in [2.45, 2.75) is 33.6 Å². The van der Waals surface area contributed by atoms with Gasteiger partial charge in [-0.2, -0.15) is 0 Å². The average molecular weight is 592 g/mol. The molecule has 0 aliphatic carbocycles. The van der Waals surface area contributed by atoms with Crippen LogP contribution < -0.4 is 10.2 Å². The molecule has 0 saturated heterocycles. The van der Waals surface area contributed by atoms with E-state index in [-0.39, 0.29) is 23.8 Å². The quantitative estimate of drug-likeness (QED) is 0.202. The zero-order valence-corrected chi connectivity index (χ0v) is 24.8. The third-order valence-electron chi connectivity index (χ3n) is 7.19. The molecule has 0 unspecified atom stereocenters. The first-order chi connectivity index (χ1) is 21.1. The second-order valence-corrected chi connectivity index (χ2v) is 11.4. The Morgan fingerprint density at radius 2 is 1.64 bits per heavy atom. The summed E-state index contributed by atoms with van der Waals surface area (Å²) in [5.74, 6) is -1.40. The van der Waals surface area contributed by atoms with E-state index in [1.165, 1.54) is 0 Å². The summed E-state index contributed by atoms with van der Waals surface area (Å²) in [6.07, 6.45) is 2.60. The van der Waals surface area contributed by atoms with Crippen molar-refractivity contribution in [3.63, 3.8) is 0 Å². The number of hydrogen-bond acceptors (Lipinski definition) is 7. The van der Waals surface area contributed by atoms with Crippen LogP contribution in [0.1, 0.15) is 52.7 Å². The molecule has 0 atom stereocenters. The van der Waals surface area contributed by atoms with Crippen LogP contribution >= 0.6 is 0 Å². The van der Waals surface area contributed by atoms with Crippen molar-refractivity contribution in [3.05, 3.63) is 114 Å². The zero-order chi connectivity index (χ0) is 31.3. The second-order valence-electron chi connectivity index (χ2n) is 11.4. The molecule has 0 spiro atoms. The van der Waals surface area contributed by atoms with Gasteiger partial charge in [-0.25, -0.2) is 4.79 Å². The van der Waals surface area contributed by atoms with Crippen molar-refractivity contribution in [2.75, 3.05) is 23.6 Å². The fourth-order valence-corrected chi connectivity index (χ4v) is 4.85. The normalized spacial score (nSPS) is 12.3. The van der Waals surface area contributed by atoms with Gasteiger partial charge in [0.15, 0.2) is 0 Å². The van der Waals surface area contributed by atoms with E-state index in [0.717, 1.165) is 22.5 Å². The van der Waals surface area contributed by atoms with Gasteiger partial charge in [0, 0.05) is 35.4 Å². The van der Waals surface area contributed by atoms with Crippen LogP contribution in [0.15, 0.2) is 91.1 Å². The number of benzene rings is 3. The van der Waals surface area contributed by atoms with Crippen LogP contribution in [-0.2, 0) is 31.9 Å². The Balaban J connectivity index is 1.24. The van der Waals surface area contributed by atoms with E-state index in [1.54, 1.807) is 74.3 Å². The molecule has 0 bridgehead atoms. The SMILES string of the molecule is CC(C)(C)C(=O)OCOC(=O)c1ccc(-c2ccccc2C(=O)Nc2ccc3c(c2)CCN3C(=O)Cc2ccccn2)cc1. The van der Waals surface area contributed by atoms with E-state index in [0.29, 0.717) is 29.8 Å². The third kappa shape index (κ3) is 7.00. The lowest BCUT2D eigenvalue weighted by Gasteiger charge is -2.17. The lowest BCUT2D eigenvalue weighted by Crippen LogP contribution is -2.30. The number of hydrogen-bond donors (Lipinski definition) is 1. The van der Waals surface area contributed by atoms with Crippen LogP contribution in [0.4, 0.5) is 11.4 Å². The summed E-state index contributed by atoms with van der Waals surface area (Å²) in [4.78, 5) is 56.6. The molecule has 9 heteroatoms. The van der Waals surface area contributed by atoms with E-state index < -0.39 is 24.1 Å². The number of aromatic nitrogens is 1. The van der Waals surface area contributed by atoms with E-state index in [4.69, 9.17) is 9.47 Å². The monoisotopic (exact) mass is 591 g/mol. The highest BCUT2D eigenvalue weighted by Gasteiger charge is 2.26. The molecule has 1 aromatic heterocycles. The minimum absolute atomic E-state index is 0.0172. The lowest BCUT2D eigenvalue weighted by atomic mass is 9.98. The fraction of sp³-hybridized carbons (Fsp3) is 0.229. The standard InChI is InChI=1S/C35H33N3O6/c1-35(2,3)34(42)44-22-43-33(41)24-13-11-23(12-14-24)28-9-4-5-10-29(28)32(40)37-27-15-16-30-25(20-27)17-19-38(30)31(39)21-26-8-6-7-18-36-26/h4-16,18,20H,17,19,21-22H2,1-3H3,(H,37,40). The molecule has 2 amide bonds. The summed E-state index contributed by atoms with van der Waals surface area (Å²) in [5.41, 5.74) is 4.67. The van der Waals surface area contributed by atoms with E-state index >= 15 is 0 Å². The van der Waals surface area contributed by atoms with Gasteiger partial charge in [-0.15, -0.1) is 0 Å². The molecular formula is C35H33N3O6. The van der Waals surface area contributed by atoms with Gasteiger partial charge >= 0.3 is 11.9 Å². The molecule has 2 heterocycles. The number of nitrogens with zero attached hydrogens (tertiary/aromatic N) is 2. The van der Waals surface area contributed by atoms with Gasteiger partial charge in [-0.1, -0.05) is 36.4 Å². The van der Waals surface area contributed by atoms with Gasteiger partial charge in [0.1, 0.15) is 0 Å². The van der Waals surface area contributed by atoms with Crippen molar-refractivity contribution in [1.29, 1.82) is 0 Å². The summed E-state index contributed by atoms with van der Waals surface area (Å²) in [7, 11) is 0. The lowest BCUT2D eigenvalue weighted by molar-refractivity contribution is -0.161. The topological polar surface area (TPSA) is 115 Å². The molecule has 0 radical (unpaired) electrons. The van der Waals surface area contributed by atoms with Crippen LogP contribution in [-0.4, -0.2) is 42.1 Å². The molecule has 44 heavy (non-hydrogen) atoms. The van der Waals surface area contributed by atoms with Crippen LogP contribution in [0.2, 0.25) is 0 Å². The van der Waals surface area contributed by atoms with Gasteiger partial charge in [0.25, 0.3) is 5.91 Å². The number of anilines is 2. The number of carbonyl (C=O) groups is 4. The number of pyridine rings is 1. The maximum Gasteiger partial charge on any atom is 0.340 e. The highest BCUT2D eigenvalue weighted by Crippen LogP contribution is 2.32. The van der Waals surface area contributed by atoms with Crippen LogP contribution in [0.3, 0.4) is 0 Å². The Labute approximate surface area is 255 Å². The molecule has 4 aromatic rings. The maximum absolute atomic E-state index is 13.4. The van der Waals surface area contributed by atoms with Gasteiger partial charge < -0.3 is 19.7 Å². The van der Waals surface area contributed by atoms with Crippen molar-refractivity contribution >= 4 is 35.1 Å². The van der Waals surface area contributed by atoms with Gasteiger partial charge in [0.2, 0.25) is 12.7 Å². The smallest absolute Gasteiger partial charge is 0.340 e. The number of amides is 2. The van der Waals surface area contributed by atoms with Crippen LogP contribution in [0.25, 0.3) is 11.1 Å². The number of fused-ring (bicyclic) bond motifs is 1. The molecule has 224 valence electrons. The Hall–Kier alpha value is -5.31. The van der Waals surface area contributed by atoms with Gasteiger partial charge in [-0.3, -0.25) is 19.4 Å². The summed E-state index contributed by atoms with van der Waals surface area (Å²) in [6.45, 7) is 5.24. The predicted octanol–water partition coefficient (Wildman–Crippen LogP) is 5.84. The fourth-order valence-electron chi connectivity index (χ4n) is 4.85. The second kappa shape index (κ2) is 12.9. The first-order valence-electron chi connectivity index (χ1n) is 14.3. The maximum atomic E-state index is 13.4. The Kier molecular flexibility index (Phi) is 8.85. The molecule has 0 saturated carbocycles. The third-order valence-corrected chi connectivity index (χ3v) is 7.19. The highest BCUT2D eigenvalue weighted by molar-refractivity contribution is 6.09. The minimum Gasteiger partial charge on any atom is -0.427 e. The van der Waals surface area contributed by atoms with Gasteiger partial charge in [-0.05, 0) is 92.4 Å². The molecule has 3 aromatic carbocycles. The summed E-state index contributed by atoms with van der Waals surface area (Å²) < 4.78 is 10.1. The number of nitrogens with one attached hydrogen (secondary N) is 1. The largest absolute Gasteiger partial charge is 0.427 e.